The zero-order chi connectivity index (χ0) is 12.9. The summed E-state index contributed by atoms with van der Waals surface area (Å²) in [5.74, 6) is 0.0357. The number of thioether (sulfide) groups is 1. The number of rotatable bonds is 1. The topological polar surface area (TPSA) is 54.6 Å². The number of aromatic hydroxyl groups is 1. The number of para-hydroxylation sites is 1. The summed E-state index contributed by atoms with van der Waals surface area (Å²) in [7, 11) is 1.74. The summed E-state index contributed by atoms with van der Waals surface area (Å²) in [6.45, 7) is 0. The van der Waals surface area contributed by atoms with Crippen molar-refractivity contribution in [1.82, 2.24) is 4.57 Å². The number of aryl methyl sites for hydroxylation is 1. The first-order valence-electron chi connectivity index (χ1n) is 5.21. The molecule has 1 aliphatic heterocycles. The van der Waals surface area contributed by atoms with Gasteiger partial charge in [-0.15, -0.1) is 0 Å². The third-order valence-electron chi connectivity index (χ3n) is 2.89. The standard InChI is InChI=1S/C12H8N2O2S2/c1-14-7-5-3-2-4-6(7)8(10(14)15)9-11(16)18-12(17)13-9/h2-5,15H,1H3. The number of carbonyl (C=O) groups is 1. The second kappa shape index (κ2) is 3.93. The van der Waals surface area contributed by atoms with Gasteiger partial charge in [-0.25, -0.2) is 4.99 Å². The Morgan fingerprint density at radius 3 is 2.78 bits per heavy atom. The fourth-order valence-corrected chi connectivity index (χ4v) is 2.92. The smallest absolute Gasteiger partial charge is 0.245 e. The zero-order valence-corrected chi connectivity index (χ0v) is 11.0. The first kappa shape index (κ1) is 11.4. The third-order valence-corrected chi connectivity index (χ3v) is 3.88. The summed E-state index contributed by atoms with van der Waals surface area (Å²) in [5, 5.41) is 10.7. The van der Waals surface area contributed by atoms with E-state index in [9.17, 15) is 9.90 Å². The first-order chi connectivity index (χ1) is 8.59. The average molecular weight is 276 g/mol. The zero-order valence-electron chi connectivity index (χ0n) is 9.38. The summed E-state index contributed by atoms with van der Waals surface area (Å²) in [6.07, 6.45) is 0. The maximum atomic E-state index is 11.8. The highest BCUT2D eigenvalue weighted by molar-refractivity contribution is 8.34. The van der Waals surface area contributed by atoms with Crippen molar-refractivity contribution in [2.75, 3.05) is 0 Å². The number of carbonyl (C=O) groups excluding carboxylic acids is 1. The summed E-state index contributed by atoms with van der Waals surface area (Å²) in [4.78, 5) is 15.9. The molecule has 0 amide bonds. The van der Waals surface area contributed by atoms with Gasteiger partial charge in [0.15, 0.2) is 4.32 Å². The summed E-state index contributed by atoms with van der Waals surface area (Å²) < 4.78 is 1.93. The van der Waals surface area contributed by atoms with Crippen LogP contribution < -0.4 is 0 Å². The van der Waals surface area contributed by atoms with Crippen LogP contribution in [0.4, 0.5) is 0 Å². The van der Waals surface area contributed by atoms with Crippen LogP contribution in [0.2, 0.25) is 0 Å². The molecule has 2 aromatic rings. The van der Waals surface area contributed by atoms with Crippen LogP contribution in [-0.2, 0) is 11.8 Å². The Bertz CT molecular complexity index is 731. The van der Waals surface area contributed by atoms with Crippen molar-refractivity contribution in [2.45, 2.75) is 0 Å². The molecule has 2 heterocycles. The lowest BCUT2D eigenvalue weighted by Crippen LogP contribution is -2.07. The Balaban J connectivity index is 2.37. The fraction of sp³-hybridized carbons (Fsp3) is 0.0833. The second-order valence-electron chi connectivity index (χ2n) is 3.89. The number of nitrogens with zero attached hydrogens (tertiary/aromatic N) is 2. The molecule has 0 fully saturated rings. The summed E-state index contributed by atoms with van der Waals surface area (Å²) >= 11 is 5.83. The third kappa shape index (κ3) is 1.49. The van der Waals surface area contributed by atoms with Gasteiger partial charge in [0.05, 0.1) is 11.1 Å². The monoisotopic (exact) mass is 276 g/mol. The van der Waals surface area contributed by atoms with Gasteiger partial charge in [-0.05, 0) is 30.0 Å². The second-order valence-corrected chi connectivity index (χ2v) is 5.50. The van der Waals surface area contributed by atoms with Gasteiger partial charge in [0.25, 0.3) is 0 Å². The fourth-order valence-electron chi connectivity index (χ4n) is 2.06. The lowest BCUT2D eigenvalue weighted by Gasteiger charge is -1.98. The molecule has 0 radical (unpaired) electrons. The molecule has 0 saturated carbocycles. The van der Waals surface area contributed by atoms with Crippen LogP contribution in [0.25, 0.3) is 10.9 Å². The van der Waals surface area contributed by atoms with E-state index < -0.39 is 0 Å². The lowest BCUT2D eigenvalue weighted by atomic mass is 10.1. The van der Waals surface area contributed by atoms with E-state index in [1.54, 1.807) is 11.6 Å². The van der Waals surface area contributed by atoms with Gasteiger partial charge in [-0.2, -0.15) is 0 Å². The molecule has 0 saturated heterocycles. The van der Waals surface area contributed by atoms with Crippen molar-refractivity contribution in [3.05, 3.63) is 29.8 Å². The molecule has 0 unspecified atom stereocenters. The molecule has 1 aromatic carbocycles. The molecule has 18 heavy (non-hydrogen) atoms. The van der Waals surface area contributed by atoms with Crippen LogP contribution in [-0.4, -0.2) is 24.8 Å². The molecule has 90 valence electrons. The molecule has 4 nitrogen and oxygen atoms in total. The van der Waals surface area contributed by atoms with Crippen molar-refractivity contribution in [2.24, 2.45) is 12.0 Å². The molecular weight excluding hydrogens is 268 g/mol. The Morgan fingerprint density at radius 1 is 1.39 bits per heavy atom. The Kier molecular flexibility index (Phi) is 2.49. The van der Waals surface area contributed by atoms with E-state index >= 15 is 0 Å². The number of fused-ring (bicyclic) bond motifs is 1. The maximum Gasteiger partial charge on any atom is 0.245 e. The SMILES string of the molecule is Cn1c(O)c(C2=NC(=S)SC2=O)c2ccccc21. The minimum atomic E-state index is -0.216. The van der Waals surface area contributed by atoms with E-state index in [1.807, 2.05) is 24.3 Å². The highest BCUT2D eigenvalue weighted by atomic mass is 32.2. The van der Waals surface area contributed by atoms with Gasteiger partial charge >= 0.3 is 0 Å². The molecule has 0 atom stereocenters. The maximum absolute atomic E-state index is 11.8. The van der Waals surface area contributed by atoms with Crippen LogP contribution in [0.5, 0.6) is 5.88 Å². The Morgan fingerprint density at radius 2 is 2.11 bits per heavy atom. The summed E-state index contributed by atoms with van der Waals surface area (Å²) in [5.41, 5.74) is 1.55. The number of aliphatic imine (C=N–C) groups is 1. The highest BCUT2D eigenvalue weighted by Crippen LogP contribution is 2.34. The molecular formula is C12H8N2O2S2. The Labute approximate surface area is 112 Å². The van der Waals surface area contributed by atoms with E-state index in [4.69, 9.17) is 12.2 Å². The first-order valence-corrected chi connectivity index (χ1v) is 6.43. The van der Waals surface area contributed by atoms with E-state index in [-0.39, 0.29) is 16.7 Å². The van der Waals surface area contributed by atoms with Gasteiger partial charge in [-0.3, -0.25) is 4.79 Å². The molecule has 1 aromatic heterocycles. The number of aromatic nitrogens is 1. The molecule has 0 bridgehead atoms. The van der Waals surface area contributed by atoms with Gasteiger partial charge in [0, 0.05) is 12.4 Å². The molecule has 1 N–H and O–H groups in total. The predicted molar refractivity (Wildman–Crippen MR) is 76.3 cm³/mol. The normalized spacial score (nSPS) is 15.5. The molecule has 3 rings (SSSR count). The highest BCUT2D eigenvalue weighted by Gasteiger charge is 2.29. The van der Waals surface area contributed by atoms with Crippen LogP contribution >= 0.6 is 24.0 Å². The number of hydrogen-bond donors (Lipinski definition) is 1. The molecule has 6 heteroatoms. The van der Waals surface area contributed by atoms with Gasteiger partial charge in [0.2, 0.25) is 11.0 Å². The van der Waals surface area contributed by atoms with Crippen molar-refractivity contribution in [1.29, 1.82) is 0 Å². The van der Waals surface area contributed by atoms with E-state index in [0.717, 1.165) is 22.7 Å². The van der Waals surface area contributed by atoms with Gasteiger partial charge in [0.1, 0.15) is 5.71 Å². The lowest BCUT2D eigenvalue weighted by molar-refractivity contribution is -0.105. The quantitative estimate of drug-likeness (QED) is 0.812. The van der Waals surface area contributed by atoms with Crippen LogP contribution in [0.1, 0.15) is 5.56 Å². The van der Waals surface area contributed by atoms with E-state index in [2.05, 4.69) is 4.99 Å². The van der Waals surface area contributed by atoms with Crippen molar-refractivity contribution in [3.63, 3.8) is 0 Å². The van der Waals surface area contributed by atoms with Crippen LogP contribution in [0.3, 0.4) is 0 Å². The minimum absolute atomic E-state index is 0.0357. The largest absolute Gasteiger partial charge is 0.494 e. The minimum Gasteiger partial charge on any atom is -0.494 e. The summed E-state index contributed by atoms with van der Waals surface area (Å²) in [6, 6.07) is 7.47. The van der Waals surface area contributed by atoms with Crippen molar-refractivity contribution in [3.8, 4) is 5.88 Å². The molecule has 0 spiro atoms. The van der Waals surface area contributed by atoms with Gasteiger partial charge < -0.3 is 9.67 Å². The number of hydrogen-bond acceptors (Lipinski definition) is 4. The number of benzene rings is 1. The Hall–Kier alpha value is -1.66. The number of thiocarbonyl (C=S) groups is 1. The predicted octanol–water partition coefficient (Wildman–Crippen LogP) is 2.23. The van der Waals surface area contributed by atoms with Crippen molar-refractivity contribution < 1.29 is 9.90 Å². The molecule has 0 aliphatic carbocycles. The van der Waals surface area contributed by atoms with E-state index in [0.29, 0.717) is 9.88 Å². The van der Waals surface area contributed by atoms with Gasteiger partial charge in [-0.1, -0.05) is 18.2 Å². The van der Waals surface area contributed by atoms with Crippen molar-refractivity contribution >= 4 is 50.0 Å². The van der Waals surface area contributed by atoms with E-state index in [1.165, 1.54) is 0 Å². The average Bonchev–Trinajstić information content (AvgIpc) is 2.79. The van der Waals surface area contributed by atoms with Crippen LogP contribution in [0.15, 0.2) is 29.3 Å². The van der Waals surface area contributed by atoms with Crippen LogP contribution in [0, 0.1) is 0 Å². The molecule has 1 aliphatic rings.